The van der Waals surface area contributed by atoms with Crippen LogP contribution in [0.2, 0.25) is 0 Å². The summed E-state index contributed by atoms with van der Waals surface area (Å²) in [6.45, 7) is 7.36. The molecule has 204 valence electrons. The third-order valence-corrected chi connectivity index (χ3v) is 8.07. The first-order valence-electron chi connectivity index (χ1n) is 13.4. The van der Waals surface area contributed by atoms with Gasteiger partial charge in [0.1, 0.15) is 4.88 Å². The third kappa shape index (κ3) is 6.39. The number of nitrogens with zero attached hydrogens (tertiary/aromatic N) is 4. The van der Waals surface area contributed by atoms with Crippen molar-refractivity contribution in [3.63, 3.8) is 0 Å². The second-order valence-corrected chi connectivity index (χ2v) is 10.8. The van der Waals surface area contributed by atoms with Crippen LogP contribution < -0.4 is 20.4 Å². The van der Waals surface area contributed by atoms with Gasteiger partial charge in [0.2, 0.25) is 5.91 Å². The van der Waals surface area contributed by atoms with Crippen molar-refractivity contribution in [3.8, 4) is 0 Å². The summed E-state index contributed by atoms with van der Waals surface area (Å²) in [7, 11) is 0. The van der Waals surface area contributed by atoms with Crippen LogP contribution in [-0.4, -0.2) is 73.4 Å². The van der Waals surface area contributed by atoms with Crippen molar-refractivity contribution in [2.75, 3.05) is 60.9 Å². The summed E-state index contributed by atoms with van der Waals surface area (Å²) in [5.74, 6) is -0.255. The average Bonchev–Trinajstić information content (AvgIpc) is 3.64. The molecule has 1 aromatic heterocycles. The van der Waals surface area contributed by atoms with Crippen LogP contribution in [0.15, 0.2) is 54.2 Å². The number of rotatable bonds is 9. The number of carbonyl (C=O) groups excluding carboxylic acids is 3. The number of hydrogen-bond donors (Lipinski definition) is 2. The van der Waals surface area contributed by atoms with Gasteiger partial charge in [-0.1, -0.05) is 18.2 Å². The van der Waals surface area contributed by atoms with Gasteiger partial charge in [0.25, 0.3) is 11.8 Å². The van der Waals surface area contributed by atoms with Crippen LogP contribution >= 0.6 is 11.3 Å². The summed E-state index contributed by atoms with van der Waals surface area (Å²) in [5.41, 5.74) is 6.10. The summed E-state index contributed by atoms with van der Waals surface area (Å²) >= 11 is 1.27. The number of benzene rings is 2. The Labute approximate surface area is 232 Å². The lowest BCUT2D eigenvalue weighted by molar-refractivity contribution is -0.127. The molecular formula is C29H34N6O3S. The van der Waals surface area contributed by atoms with E-state index >= 15 is 0 Å². The number of para-hydroxylation sites is 1. The fourth-order valence-corrected chi connectivity index (χ4v) is 5.70. The number of aryl methyl sites for hydroxylation is 1. The van der Waals surface area contributed by atoms with Crippen LogP contribution in [0.5, 0.6) is 0 Å². The minimum absolute atomic E-state index is 0.193. The van der Waals surface area contributed by atoms with Gasteiger partial charge >= 0.3 is 0 Å². The first-order chi connectivity index (χ1) is 19.0. The molecule has 39 heavy (non-hydrogen) atoms. The standard InChI is InChI=1S/C29H34N6O3S/c1-21-6-2-3-7-24(21)33-14-16-34(17-15-33)25-10-9-22(18-23(25)32-29(38)26-19-30-20-39-26)28(37)31-11-5-13-35-12-4-8-27(35)36/h2-3,6-7,9-10,18-20H,4-5,8,11-17H2,1H3,(H,31,37)(H,32,38). The molecule has 0 atom stereocenters. The fourth-order valence-electron chi connectivity index (χ4n) is 5.19. The fraction of sp³-hybridized carbons (Fsp3) is 0.379. The van der Waals surface area contributed by atoms with Gasteiger partial charge < -0.3 is 25.3 Å². The predicted octanol–water partition coefficient (Wildman–Crippen LogP) is 3.77. The molecule has 0 spiro atoms. The van der Waals surface area contributed by atoms with E-state index in [0.717, 1.165) is 44.8 Å². The molecule has 3 heterocycles. The molecule has 10 heteroatoms. The van der Waals surface area contributed by atoms with Crippen LogP contribution in [-0.2, 0) is 4.79 Å². The zero-order valence-corrected chi connectivity index (χ0v) is 23.0. The van der Waals surface area contributed by atoms with Gasteiger partial charge in [-0.15, -0.1) is 11.3 Å². The summed E-state index contributed by atoms with van der Waals surface area (Å²) < 4.78 is 0. The van der Waals surface area contributed by atoms with Crippen molar-refractivity contribution in [1.82, 2.24) is 15.2 Å². The van der Waals surface area contributed by atoms with Crippen LogP contribution in [0, 0.1) is 6.92 Å². The second-order valence-electron chi connectivity index (χ2n) is 9.91. The van der Waals surface area contributed by atoms with Crippen LogP contribution in [0.4, 0.5) is 17.1 Å². The van der Waals surface area contributed by atoms with E-state index in [1.807, 2.05) is 17.0 Å². The van der Waals surface area contributed by atoms with Gasteiger partial charge in [-0.3, -0.25) is 19.4 Å². The average molecular weight is 547 g/mol. The number of likely N-dealkylation sites (tertiary alicyclic amines) is 1. The molecule has 2 saturated heterocycles. The molecule has 0 unspecified atom stereocenters. The lowest BCUT2D eigenvalue weighted by Gasteiger charge is -2.38. The minimum atomic E-state index is -0.245. The van der Waals surface area contributed by atoms with Gasteiger partial charge in [0, 0.05) is 63.5 Å². The van der Waals surface area contributed by atoms with E-state index in [1.165, 1.54) is 22.6 Å². The summed E-state index contributed by atoms with van der Waals surface area (Å²) in [6.07, 6.45) is 3.78. The smallest absolute Gasteiger partial charge is 0.267 e. The number of nitrogens with one attached hydrogen (secondary N) is 2. The van der Waals surface area contributed by atoms with Crippen molar-refractivity contribution in [1.29, 1.82) is 0 Å². The van der Waals surface area contributed by atoms with E-state index in [-0.39, 0.29) is 17.7 Å². The Morgan fingerprint density at radius 3 is 2.44 bits per heavy atom. The maximum Gasteiger partial charge on any atom is 0.267 e. The molecular weight excluding hydrogens is 512 g/mol. The van der Waals surface area contributed by atoms with Crippen molar-refractivity contribution in [2.45, 2.75) is 26.2 Å². The third-order valence-electron chi connectivity index (χ3n) is 7.30. The number of piperazine rings is 1. The molecule has 3 amide bonds. The summed E-state index contributed by atoms with van der Waals surface area (Å²) in [5, 5.41) is 5.98. The number of carbonyl (C=O) groups is 3. The highest BCUT2D eigenvalue weighted by atomic mass is 32.1. The molecule has 0 bridgehead atoms. The molecule has 9 nitrogen and oxygen atoms in total. The van der Waals surface area contributed by atoms with Crippen molar-refractivity contribution in [2.24, 2.45) is 0 Å². The number of anilines is 3. The van der Waals surface area contributed by atoms with E-state index in [9.17, 15) is 14.4 Å². The number of thiazole rings is 1. The molecule has 0 aliphatic carbocycles. The molecule has 2 fully saturated rings. The number of aromatic nitrogens is 1. The highest BCUT2D eigenvalue weighted by Crippen LogP contribution is 2.30. The molecule has 0 saturated carbocycles. The highest BCUT2D eigenvalue weighted by Gasteiger charge is 2.23. The maximum atomic E-state index is 13.0. The molecule has 3 aromatic rings. The van der Waals surface area contributed by atoms with Crippen LogP contribution in [0.1, 0.15) is 44.9 Å². The van der Waals surface area contributed by atoms with Gasteiger partial charge in [-0.25, -0.2) is 0 Å². The lowest BCUT2D eigenvalue weighted by Crippen LogP contribution is -2.47. The monoisotopic (exact) mass is 546 g/mol. The summed E-state index contributed by atoms with van der Waals surface area (Å²) in [6, 6.07) is 13.9. The van der Waals surface area contributed by atoms with Crippen LogP contribution in [0.3, 0.4) is 0 Å². The van der Waals surface area contributed by atoms with Crippen LogP contribution in [0.25, 0.3) is 0 Å². The number of amides is 3. The lowest BCUT2D eigenvalue weighted by atomic mass is 10.1. The largest absolute Gasteiger partial charge is 0.368 e. The Hall–Kier alpha value is -3.92. The van der Waals surface area contributed by atoms with Crippen molar-refractivity contribution < 1.29 is 14.4 Å². The normalized spacial score (nSPS) is 15.5. The Morgan fingerprint density at radius 1 is 0.974 bits per heavy atom. The molecule has 2 aliphatic rings. The Morgan fingerprint density at radius 2 is 1.74 bits per heavy atom. The first-order valence-corrected chi connectivity index (χ1v) is 14.3. The topological polar surface area (TPSA) is 97.9 Å². The quantitative estimate of drug-likeness (QED) is 0.397. The van der Waals surface area contributed by atoms with E-state index < -0.39 is 0 Å². The SMILES string of the molecule is Cc1ccccc1N1CCN(c2ccc(C(=O)NCCCN3CCCC3=O)cc2NC(=O)c2cncs2)CC1. The minimum Gasteiger partial charge on any atom is -0.368 e. The van der Waals surface area contributed by atoms with E-state index in [2.05, 4.69) is 56.6 Å². The Kier molecular flexibility index (Phi) is 8.41. The molecule has 2 aliphatic heterocycles. The van der Waals surface area contributed by atoms with Gasteiger partial charge in [-0.05, 0) is 49.6 Å². The van der Waals surface area contributed by atoms with Gasteiger partial charge in [-0.2, -0.15) is 0 Å². The first kappa shape index (κ1) is 26.7. The zero-order chi connectivity index (χ0) is 27.2. The zero-order valence-electron chi connectivity index (χ0n) is 22.2. The van der Waals surface area contributed by atoms with E-state index in [1.54, 1.807) is 17.8 Å². The van der Waals surface area contributed by atoms with Gasteiger partial charge in [0.15, 0.2) is 0 Å². The van der Waals surface area contributed by atoms with Crippen molar-refractivity contribution >= 4 is 46.1 Å². The molecule has 2 N–H and O–H groups in total. The van der Waals surface area contributed by atoms with Crippen molar-refractivity contribution in [3.05, 3.63) is 70.2 Å². The van der Waals surface area contributed by atoms with E-state index in [0.29, 0.717) is 42.1 Å². The van der Waals surface area contributed by atoms with Gasteiger partial charge in [0.05, 0.1) is 23.1 Å². The molecule has 2 aromatic carbocycles. The maximum absolute atomic E-state index is 13.0. The number of hydrogen-bond acceptors (Lipinski definition) is 7. The summed E-state index contributed by atoms with van der Waals surface area (Å²) in [4.78, 5) is 48.7. The molecule has 0 radical (unpaired) electrons. The van der Waals surface area contributed by atoms with E-state index in [4.69, 9.17) is 0 Å². The molecule has 5 rings (SSSR count). The highest BCUT2D eigenvalue weighted by molar-refractivity contribution is 7.11. The second kappa shape index (κ2) is 12.3. The predicted molar refractivity (Wildman–Crippen MR) is 155 cm³/mol. The Balaban J connectivity index is 1.27. The Bertz CT molecular complexity index is 1320.